The van der Waals surface area contributed by atoms with Crippen LogP contribution >= 0.6 is 0 Å². The van der Waals surface area contributed by atoms with E-state index >= 15 is 0 Å². The summed E-state index contributed by atoms with van der Waals surface area (Å²) in [5.41, 5.74) is 6.14. The van der Waals surface area contributed by atoms with E-state index in [1.54, 1.807) is 18.4 Å². The number of nitrogens with one attached hydrogen (secondary N) is 1. The van der Waals surface area contributed by atoms with Gasteiger partial charge < -0.3 is 9.52 Å². The van der Waals surface area contributed by atoms with Gasteiger partial charge in [0.15, 0.2) is 5.76 Å². The Bertz CT molecular complexity index is 1170. The van der Waals surface area contributed by atoms with Gasteiger partial charge in [0.2, 0.25) is 0 Å². The first-order chi connectivity index (χ1) is 15.1. The summed E-state index contributed by atoms with van der Waals surface area (Å²) in [4.78, 5) is 2.29. The second-order valence-electron chi connectivity index (χ2n) is 8.10. The predicted molar refractivity (Wildman–Crippen MR) is 117 cm³/mol. The average molecular weight is 417 g/mol. The molecule has 0 bridgehead atoms. The maximum Gasteiger partial charge on any atom is 0.151 e. The molecule has 0 saturated carbocycles. The number of aromatic nitrogens is 2. The van der Waals surface area contributed by atoms with E-state index in [-0.39, 0.29) is 18.0 Å². The number of H-pyrrole nitrogens is 1. The molecule has 2 aromatic heterocycles. The Morgan fingerprint density at radius 3 is 2.71 bits per heavy atom. The number of nitrogens with zero attached hydrogens (tertiary/aromatic N) is 2. The number of furan rings is 1. The maximum absolute atomic E-state index is 13.3. The molecule has 6 heteroatoms. The Kier molecular flexibility index (Phi) is 5.18. The molecular formula is C25H24FN3O2. The van der Waals surface area contributed by atoms with Gasteiger partial charge in [-0.2, -0.15) is 5.10 Å². The molecule has 3 heterocycles. The second kappa shape index (κ2) is 8.13. The molecule has 1 fully saturated rings. The van der Waals surface area contributed by atoms with Gasteiger partial charge >= 0.3 is 0 Å². The summed E-state index contributed by atoms with van der Waals surface area (Å²) in [5, 5.41) is 17.6. The van der Waals surface area contributed by atoms with Crippen LogP contribution in [0.25, 0.3) is 22.6 Å². The monoisotopic (exact) mass is 417 g/mol. The SMILES string of the molecule is Cc1cc(C(c2cn[nH]c2-c2ccco2)N2CCC(O)C2)ccc1-c1ccc(F)cc1. The lowest BCUT2D eigenvalue weighted by Crippen LogP contribution is -2.28. The molecule has 2 N–H and O–H groups in total. The van der Waals surface area contributed by atoms with Crippen LogP contribution in [-0.4, -0.2) is 39.4 Å². The minimum absolute atomic E-state index is 0.0723. The molecule has 1 aliphatic heterocycles. The number of halogens is 1. The third-order valence-corrected chi connectivity index (χ3v) is 6.01. The minimum atomic E-state index is -0.332. The first-order valence-corrected chi connectivity index (χ1v) is 10.5. The predicted octanol–water partition coefficient (Wildman–Crippen LogP) is 4.94. The number of aliphatic hydroxyl groups excluding tert-OH is 1. The van der Waals surface area contributed by atoms with Crippen molar-refractivity contribution < 1.29 is 13.9 Å². The maximum atomic E-state index is 13.3. The molecular weight excluding hydrogens is 393 g/mol. The highest BCUT2D eigenvalue weighted by Gasteiger charge is 2.32. The van der Waals surface area contributed by atoms with E-state index in [1.165, 1.54) is 12.1 Å². The van der Waals surface area contributed by atoms with Crippen molar-refractivity contribution in [2.24, 2.45) is 0 Å². The van der Waals surface area contributed by atoms with Crippen molar-refractivity contribution in [3.8, 4) is 22.6 Å². The van der Waals surface area contributed by atoms with Crippen LogP contribution in [0.5, 0.6) is 0 Å². The van der Waals surface area contributed by atoms with Crippen LogP contribution in [0.15, 0.2) is 71.5 Å². The van der Waals surface area contributed by atoms with Gasteiger partial charge in [0, 0.05) is 18.7 Å². The van der Waals surface area contributed by atoms with E-state index in [0.29, 0.717) is 6.54 Å². The molecule has 5 nitrogen and oxygen atoms in total. The number of hydrogen-bond acceptors (Lipinski definition) is 4. The van der Waals surface area contributed by atoms with Gasteiger partial charge in [0.25, 0.3) is 0 Å². The zero-order valence-corrected chi connectivity index (χ0v) is 17.3. The first-order valence-electron chi connectivity index (χ1n) is 10.5. The first kappa shape index (κ1) is 19.7. The number of aliphatic hydroxyl groups is 1. The number of aromatic amines is 1. The van der Waals surface area contributed by atoms with Crippen molar-refractivity contribution in [2.45, 2.75) is 25.5 Å². The molecule has 2 unspecified atom stereocenters. The van der Waals surface area contributed by atoms with Crippen LogP contribution in [0.1, 0.15) is 29.2 Å². The van der Waals surface area contributed by atoms with E-state index in [2.05, 4.69) is 40.2 Å². The fraction of sp³-hybridized carbons (Fsp3) is 0.240. The quantitative estimate of drug-likeness (QED) is 0.483. The molecule has 0 spiro atoms. The smallest absolute Gasteiger partial charge is 0.151 e. The number of likely N-dealkylation sites (tertiary alicyclic amines) is 1. The Balaban J connectivity index is 1.57. The van der Waals surface area contributed by atoms with Crippen molar-refractivity contribution in [2.75, 3.05) is 13.1 Å². The largest absolute Gasteiger partial charge is 0.463 e. The Hall–Kier alpha value is -3.22. The number of β-amino-alcohol motifs (C(OH)–C–C–N with tert-alkyl or cyclic N) is 1. The van der Waals surface area contributed by atoms with Crippen molar-refractivity contribution >= 4 is 0 Å². The lowest BCUT2D eigenvalue weighted by atomic mass is 9.92. The topological polar surface area (TPSA) is 65.3 Å². The van der Waals surface area contributed by atoms with E-state index in [0.717, 1.165) is 52.2 Å². The van der Waals surface area contributed by atoms with Gasteiger partial charge in [0.05, 0.1) is 24.6 Å². The molecule has 31 heavy (non-hydrogen) atoms. The minimum Gasteiger partial charge on any atom is -0.463 e. The summed E-state index contributed by atoms with van der Waals surface area (Å²) in [5.74, 6) is 0.494. The van der Waals surface area contributed by atoms with Crippen LogP contribution in [0.4, 0.5) is 4.39 Å². The van der Waals surface area contributed by atoms with Gasteiger partial charge in [-0.3, -0.25) is 10.00 Å². The number of benzene rings is 2. The van der Waals surface area contributed by atoms with E-state index in [9.17, 15) is 9.50 Å². The molecule has 1 saturated heterocycles. The van der Waals surface area contributed by atoms with E-state index in [1.807, 2.05) is 18.3 Å². The summed E-state index contributed by atoms with van der Waals surface area (Å²) >= 11 is 0. The number of hydrogen-bond donors (Lipinski definition) is 2. The van der Waals surface area contributed by atoms with Gasteiger partial charge in [0.1, 0.15) is 11.5 Å². The lowest BCUT2D eigenvalue weighted by molar-refractivity contribution is 0.167. The van der Waals surface area contributed by atoms with Crippen LogP contribution in [0.2, 0.25) is 0 Å². The molecule has 4 aromatic rings. The van der Waals surface area contributed by atoms with Gasteiger partial charge in [-0.25, -0.2) is 4.39 Å². The molecule has 0 radical (unpaired) electrons. The molecule has 2 aromatic carbocycles. The zero-order chi connectivity index (χ0) is 21.4. The highest BCUT2D eigenvalue weighted by atomic mass is 19.1. The van der Waals surface area contributed by atoms with Gasteiger partial charge in [-0.1, -0.05) is 30.3 Å². The summed E-state index contributed by atoms with van der Waals surface area (Å²) in [7, 11) is 0. The molecule has 158 valence electrons. The third-order valence-electron chi connectivity index (χ3n) is 6.01. The molecule has 5 rings (SSSR count). The lowest BCUT2D eigenvalue weighted by Gasteiger charge is -2.28. The van der Waals surface area contributed by atoms with Crippen molar-refractivity contribution in [1.29, 1.82) is 0 Å². The summed E-state index contributed by atoms with van der Waals surface area (Å²) < 4.78 is 19.0. The summed E-state index contributed by atoms with van der Waals surface area (Å²) in [6, 6.07) is 16.6. The van der Waals surface area contributed by atoms with Gasteiger partial charge in [-0.15, -0.1) is 0 Å². The zero-order valence-electron chi connectivity index (χ0n) is 17.3. The number of rotatable bonds is 5. The van der Waals surface area contributed by atoms with Crippen LogP contribution in [-0.2, 0) is 0 Å². The fourth-order valence-corrected chi connectivity index (χ4v) is 4.52. The normalized spacial score (nSPS) is 17.8. The number of aryl methyl sites for hydroxylation is 1. The second-order valence-corrected chi connectivity index (χ2v) is 8.10. The summed E-state index contributed by atoms with van der Waals surface area (Å²) in [6.45, 7) is 3.47. The summed E-state index contributed by atoms with van der Waals surface area (Å²) in [6.07, 6.45) is 3.91. The van der Waals surface area contributed by atoms with Crippen LogP contribution < -0.4 is 0 Å². The highest BCUT2D eigenvalue weighted by molar-refractivity contribution is 5.68. The Labute approximate surface area is 180 Å². The van der Waals surface area contributed by atoms with Gasteiger partial charge in [-0.05, 0) is 59.9 Å². The van der Waals surface area contributed by atoms with E-state index < -0.39 is 0 Å². The van der Waals surface area contributed by atoms with Crippen molar-refractivity contribution in [3.05, 3.63) is 89.6 Å². The Morgan fingerprint density at radius 2 is 2.03 bits per heavy atom. The standard InChI is InChI=1S/C25H24FN3O2/c1-16-13-18(6-9-21(16)17-4-7-19(26)8-5-17)25(29-11-10-20(30)15-29)22-14-27-28-24(22)23-3-2-12-31-23/h2-9,12-14,20,25,30H,10-11,15H2,1H3,(H,27,28). The van der Waals surface area contributed by atoms with Crippen molar-refractivity contribution in [1.82, 2.24) is 15.1 Å². The molecule has 0 amide bonds. The fourth-order valence-electron chi connectivity index (χ4n) is 4.52. The third kappa shape index (κ3) is 3.80. The molecule has 0 aliphatic carbocycles. The average Bonchev–Trinajstić information content (AvgIpc) is 3.52. The highest BCUT2D eigenvalue weighted by Crippen LogP contribution is 2.38. The Morgan fingerprint density at radius 1 is 1.19 bits per heavy atom. The van der Waals surface area contributed by atoms with Crippen molar-refractivity contribution in [3.63, 3.8) is 0 Å². The molecule has 2 atom stereocenters. The molecule has 1 aliphatic rings. The van der Waals surface area contributed by atoms with E-state index in [4.69, 9.17) is 4.42 Å². The van der Waals surface area contributed by atoms with Crippen LogP contribution in [0.3, 0.4) is 0 Å². The van der Waals surface area contributed by atoms with Crippen LogP contribution in [0, 0.1) is 12.7 Å².